The summed E-state index contributed by atoms with van der Waals surface area (Å²) in [6.45, 7) is 0. The Bertz CT molecular complexity index is 3170. The third kappa shape index (κ3) is 5.16. The molecule has 60 heavy (non-hydrogen) atoms. The number of hydrogen-bond acceptors (Lipinski definition) is 2. The van der Waals surface area contributed by atoms with E-state index in [1.807, 2.05) is 0 Å². The smallest absolute Gasteiger partial charge is 0.235 e. The van der Waals surface area contributed by atoms with Gasteiger partial charge in [-0.2, -0.15) is 0 Å². The number of aromatic nitrogens is 4. The molecule has 3 aromatic heterocycles. The summed E-state index contributed by atoms with van der Waals surface area (Å²) in [5.74, 6) is 3.24. The molecule has 0 unspecified atom stereocenters. The summed E-state index contributed by atoms with van der Waals surface area (Å²) in [6.07, 6.45) is 8.22. The molecule has 4 fully saturated rings. The molecule has 3 heterocycles. The van der Waals surface area contributed by atoms with Gasteiger partial charge in [0.1, 0.15) is 0 Å². The van der Waals surface area contributed by atoms with Crippen LogP contribution in [-0.4, -0.2) is 19.1 Å². The average Bonchev–Trinajstić information content (AvgIpc) is 3.82. The zero-order valence-corrected chi connectivity index (χ0v) is 33.5. The molecule has 0 atom stereocenters. The van der Waals surface area contributed by atoms with Crippen LogP contribution in [0.2, 0.25) is 0 Å². The lowest BCUT2D eigenvalue weighted by Gasteiger charge is -2.57. The number of nitrogens with zero attached hydrogens (tertiary/aromatic N) is 4. The van der Waals surface area contributed by atoms with Crippen molar-refractivity contribution >= 4 is 43.6 Å². The lowest BCUT2D eigenvalue weighted by atomic mass is 9.48. The minimum Gasteiger partial charge on any atom is -0.309 e. The quantitative estimate of drug-likeness (QED) is 0.169. The summed E-state index contributed by atoms with van der Waals surface area (Å²) in [7, 11) is 0. The van der Waals surface area contributed by atoms with E-state index >= 15 is 0 Å². The molecule has 0 radical (unpaired) electrons. The van der Waals surface area contributed by atoms with Crippen LogP contribution in [0.1, 0.15) is 44.1 Å². The Labute approximate surface area is 349 Å². The van der Waals surface area contributed by atoms with Gasteiger partial charge in [0, 0.05) is 38.2 Å². The van der Waals surface area contributed by atoms with Crippen molar-refractivity contribution in [2.75, 3.05) is 0 Å². The average molecular weight is 773 g/mol. The van der Waals surface area contributed by atoms with Gasteiger partial charge in [-0.05, 0) is 115 Å². The molecule has 7 aromatic carbocycles. The van der Waals surface area contributed by atoms with Gasteiger partial charge in [-0.25, -0.2) is 9.97 Å². The van der Waals surface area contributed by atoms with Gasteiger partial charge in [-0.15, -0.1) is 0 Å². The van der Waals surface area contributed by atoms with Crippen LogP contribution in [0.3, 0.4) is 0 Å². The summed E-state index contributed by atoms with van der Waals surface area (Å²) < 4.78 is 4.75. The number of para-hydroxylation sites is 5. The van der Waals surface area contributed by atoms with Gasteiger partial charge in [0.25, 0.3) is 0 Å². The third-order valence-corrected chi connectivity index (χ3v) is 14.5. The zero-order chi connectivity index (χ0) is 39.4. The van der Waals surface area contributed by atoms with Crippen LogP contribution in [-0.2, 0) is 5.41 Å². The van der Waals surface area contributed by atoms with Crippen LogP contribution < -0.4 is 0 Å². The molecule has 4 aliphatic rings. The monoisotopic (exact) mass is 772 g/mol. The predicted octanol–water partition coefficient (Wildman–Crippen LogP) is 14.1. The van der Waals surface area contributed by atoms with Crippen molar-refractivity contribution < 1.29 is 0 Å². The van der Waals surface area contributed by atoms with Gasteiger partial charge in [0.15, 0.2) is 0 Å². The lowest BCUT2D eigenvalue weighted by Crippen LogP contribution is -2.48. The van der Waals surface area contributed by atoms with E-state index < -0.39 is 0 Å². The molecule has 0 saturated heterocycles. The summed E-state index contributed by atoms with van der Waals surface area (Å²) in [6, 6.07) is 64.4. The maximum absolute atomic E-state index is 5.62. The Morgan fingerprint density at radius 1 is 0.400 bits per heavy atom. The van der Waals surface area contributed by atoms with Crippen LogP contribution >= 0.6 is 0 Å². The minimum absolute atomic E-state index is 0.235. The van der Waals surface area contributed by atoms with Crippen LogP contribution in [0.4, 0.5) is 0 Å². The first-order valence-electron chi connectivity index (χ1n) is 21.8. The lowest BCUT2D eigenvalue weighted by molar-refractivity contribution is -0.00516. The van der Waals surface area contributed by atoms with Crippen molar-refractivity contribution in [3.63, 3.8) is 0 Å². The highest BCUT2D eigenvalue weighted by Gasteiger charge is 2.51. The fraction of sp³-hybridized carbons (Fsp3) is 0.179. The van der Waals surface area contributed by atoms with Crippen LogP contribution in [0.25, 0.3) is 88.9 Å². The molecular formula is C56H44N4. The van der Waals surface area contributed by atoms with Crippen LogP contribution in [0.5, 0.6) is 0 Å². The molecule has 4 bridgehead atoms. The summed E-state index contributed by atoms with van der Waals surface area (Å²) >= 11 is 0. The summed E-state index contributed by atoms with van der Waals surface area (Å²) in [5.41, 5.74) is 14.0. The molecule has 0 N–H and O–H groups in total. The van der Waals surface area contributed by atoms with E-state index in [1.54, 1.807) is 0 Å². The normalized spacial score (nSPS) is 20.8. The van der Waals surface area contributed by atoms with E-state index in [0.29, 0.717) is 5.95 Å². The number of rotatable bonds is 6. The van der Waals surface area contributed by atoms with E-state index in [0.717, 1.165) is 51.3 Å². The molecule has 14 rings (SSSR count). The van der Waals surface area contributed by atoms with E-state index in [4.69, 9.17) is 9.97 Å². The standard InChI is InChI=1S/C56H44N4/c1-2-14-39(15-3-1)48-32-49(58-55(57-48)60-53-24-12-6-18-44(53)45-19-7-13-25-54(45)60)41-27-26-40(56-33-36-28-37(34-56)30-38(29-36)35-56)31-47(41)46-20-8-11-23-52(46)59-50-21-9-4-16-42(50)43-17-5-10-22-51(43)59/h1-27,31-32,36-38H,28-30,33-35H2. The van der Waals surface area contributed by atoms with E-state index in [1.165, 1.54) is 93.5 Å². The Balaban J connectivity index is 1.10. The van der Waals surface area contributed by atoms with Gasteiger partial charge in [-0.3, -0.25) is 4.57 Å². The van der Waals surface area contributed by atoms with Gasteiger partial charge >= 0.3 is 0 Å². The molecule has 4 aliphatic carbocycles. The van der Waals surface area contributed by atoms with Gasteiger partial charge in [-0.1, -0.05) is 133 Å². The second kappa shape index (κ2) is 13.1. The first-order chi connectivity index (χ1) is 29.7. The molecule has 4 saturated carbocycles. The van der Waals surface area contributed by atoms with Gasteiger partial charge in [0.05, 0.1) is 39.1 Å². The highest BCUT2D eigenvalue weighted by Crippen LogP contribution is 2.61. The minimum atomic E-state index is 0.235. The fourth-order valence-electron chi connectivity index (χ4n) is 12.4. The maximum Gasteiger partial charge on any atom is 0.235 e. The SMILES string of the molecule is c1ccc(-c2cc(-c3ccc(C45CC6CC(CC(C6)C4)C5)cc3-c3ccccc3-n3c4ccccc4c4ccccc43)nc(-n3c4ccccc4c4ccccc43)n2)cc1. The van der Waals surface area contributed by atoms with Crippen molar-refractivity contribution in [3.8, 4) is 45.3 Å². The van der Waals surface area contributed by atoms with Crippen molar-refractivity contribution in [2.24, 2.45) is 17.8 Å². The Morgan fingerprint density at radius 2 is 0.883 bits per heavy atom. The highest BCUT2D eigenvalue weighted by atomic mass is 15.2. The Morgan fingerprint density at radius 3 is 1.47 bits per heavy atom. The molecule has 10 aromatic rings. The van der Waals surface area contributed by atoms with Crippen molar-refractivity contribution in [1.29, 1.82) is 0 Å². The van der Waals surface area contributed by atoms with E-state index in [-0.39, 0.29) is 5.41 Å². The molecule has 288 valence electrons. The highest BCUT2D eigenvalue weighted by molar-refractivity contribution is 6.10. The van der Waals surface area contributed by atoms with Crippen molar-refractivity contribution in [2.45, 2.75) is 43.9 Å². The fourth-order valence-corrected chi connectivity index (χ4v) is 12.4. The Kier molecular flexibility index (Phi) is 7.46. The van der Waals surface area contributed by atoms with Crippen LogP contribution in [0, 0.1) is 17.8 Å². The topological polar surface area (TPSA) is 35.6 Å². The first kappa shape index (κ1) is 34.1. The molecule has 0 spiro atoms. The molecule has 4 heteroatoms. The van der Waals surface area contributed by atoms with Crippen molar-refractivity contribution in [3.05, 3.63) is 181 Å². The van der Waals surface area contributed by atoms with E-state index in [9.17, 15) is 0 Å². The van der Waals surface area contributed by atoms with Gasteiger partial charge in [0.2, 0.25) is 5.95 Å². The van der Waals surface area contributed by atoms with Crippen LogP contribution in [0.15, 0.2) is 176 Å². The molecule has 0 amide bonds. The second-order valence-electron chi connectivity index (χ2n) is 18.0. The number of hydrogen-bond donors (Lipinski definition) is 0. The Hall–Kier alpha value is -6.78. The summed E-state index contributed by atoms with van der Waals surface area (Å²) in [4.78, 5) is 11.0. The van der Waals surface area contributed by atoms with Gasteiger partial charge < -0.3 is 4.57 Å². The largest absolute Gasteiger partial charge is 0.309 e. The second-order valence-corrected chi connectivity index (χ2v) is 18.0. The first-order valence-corrected chi connectivity index (χ1v) is 21.8. The predicted molar refractivity (Wildman–Crippen MR) is 247 cm³/mol. The number of fused-ring (bicyclic) bond motifs is 6. The summed E-state index contributed by atoms with van der Waals surface area (Å²) in [5, 5.41) is 4.93. The number of benzene rings is 7. The molecule has 0 aliphatic heterocycles. The third-order valence-electron chi connectivity index (χ3n) is 14.5. The van der Waals surface area contributed by atoms with E-state index in [2.05, 4.69) is 185 Å². The maximum atomic E-state index is 5.62. The van der Waals surface area contributed by atoms with Crippen molar-refractivity contribution in [1.82, 2.24) is 19.1 Å². The zero-order valence-electron chi connectivity index (χ0n) is 33.5. The molecule has 4 nitrogen and oxygen atoms in total. The molecular weight excluding hydrogens is 729 g/mol.